The van der Waals surface area contributed by atoms with Crippen LogP contribution in [-0.2, 0) is 4.79 Å². The molecule has 1 amide bonds. The molecule has 3 nitrogen and oxygen atoms in total. The lowest BCUT2D eigenvalue weighted by atomic mass is 10.3. The average molecular weight is 289 g/mol. The van der Waals surface area contributed by atoms with E-state index >= 15 is 0 Å². The molecule has 0 aromatic heterocycles. The summed E-state index contributed by atoms with van der Waals surface area (Å²) in [6, 6.07) is 7.81. The minimum absolute atomic E-state index is 0.141. The van der Waals surface area contributed by atoms with E-state index < -0.39 is 0 Å². The summed E-state index contributed by atoms with van der Waals surface area (Å²) in [5.74, 6) is 4.98. The number of hydrazine groups is 1. The molecule has 1 rings (SSSR count). The molecule has 0 bridgehead atoms. The van der Waals surface area contributed by atoms with E-state index in [-0.39, 0.29) is 11.2 Å². The highest BCUT2D eigenvalue weighted by atomic mass is 79.9. The molecule has 0 saturated carbocycles. The molecule has 1 atom stereocenters. The van der Waals surface area contributed by atoms with Crippen molar-refractivity contribution in [2.45, 2.75) is 23.5 Å². The SMILES string of the molecule is CCC(Sc1ccccc1Br)C(=O)NN. The van der Waals surface area contributed by atoms with Crippen LogP contribution in [0.15, 0.2) is 33.6 Å². The average Bonchev–Trinajstić information content (AvgIpc) is 2.27. The van der Waals surface area contributed by atoms with Crippen molar-refractivity contribution in [1.29, 1.82) is 0 Å². The molecule has 82 valence electrons. The minimum atomic E-state index is -0.145. The number of halogens is 1. The molecular formula is C10H13BrN2OS. The maximum atomic E-state index is 11.4. The van der Waals surface area contributed by atoms with Gasteiger partial charge in [-0.1, -0.05) is 19.1 Å². The van der Waals surface area contributed by atoms with E-state index in [1.54, 1.807) is 0 Å². The zero-order valence-electron chi connectivity index (χ0n) is 8.37. The van der Waals surface area contributed by atoms with Crippen LogP contribution in [0.2, 0.25) is 0 Å². The largest absolute Gasteiger partial charge is 0.293 e. The number of thioether (sulfide) groups is 1. The molecule has 1 unspecified atom stereocenters. The lowest BCUT2D eigenvalue weighted by Crippen LogP contribution is -2.37. The Kier molecular flexibility index (Phi) is 5.14. The molecule has 15 heavy (non-hydrogen) atoms. The molecule has 0 heterocycles. The van der Waals surface area contributed by atoms with Crippen molar-refractivity contribution in [3.8, 4) is 0 Å². The highest BCUT2D eigenvalue weighted by Gasteiger charge is 2.17. The zero-order valence-corrected chi connectivity index (χ0v) is 10.8. The van der Waals surface area contributed by atoms with Crippen LogP contribution in [0, 0.1) is 0 Å². The monoisotopic (exact) mass is 288 g/mol. The number of nitrogens with one attached hydrogen (secondary N) is 1. The number of amides is 1. The molecule has 5 heteroatoms. The van der Waals surface area contributed by atoms with E-state index in [0.29, 0.717) is 0 Å². The summed E-state index contributed by atoms with van der Waals surface area (Å²) >= 11 is 4.95. The van der Waals surface area contributed by atoms with Crippen LogP contribution in [0.1, 0.15) is 13.3 Å². The van der Waals surface area contributed by atoms with Crippen LogP contribution < -0.4 is 11.3 Å². The zero-order chi connectivity index (χ0) is 11.3. The number of hydrogen-bond acceptors (Lipinski definition) is 3. The first kappa shape index (κ1) is 12.5. The summed E-state index contributed by atoms with van der Waals surface area (Å²) < 4.78 is 0.998. The highest BCUT2D eigenvalue weighted by molar-refractivity contribution is 9.10. The molecule has 0 saturated heterocycles. The van der Waals surface area contributed by atoms with Gasteiger partial charge in [-0.25, -0.2) is 5.84 Å². The summed E-state index contributed by atoms with van der Waals surface area (Å²) in [5, 5.41) is -0.145. The Morgan fingerprint density at radius 1 is 1.60 bits per heavy atom. The van der Waals surface area contributed by atoms with Crippen molar-refractivity contribution in [2.24, 2.45) is 5.84 Å². The van der Waals surface area contributed by atoms with E-state index in [2.05, 4.69) is 21.4 Å². The predicted molar refractivity (Wildman–Crippen MR) is 66.4 cm³/mol. The van der Waals surface area contributed by atoms with Crippen LogP contribution in [-0.4, -0.2) is 11.2 Å². The van der Waals surface area contributed by atoms with Gasteiger partial charge < -0.3 is 0 Å². The lowest BCUT2D eigenvalue weighted by molar-refractivity contribution is -0.120. The third-order valence-electron chi connectivity index (χ3n) is 1.91. The van der Waals surface area contributed by atoms with Crippen LogP contribution in [0.5, 0.6) is 0 Å². The molecule has 0 aliphatic rings. The number of hydrogen-bond donors (Lipinski definition) is 2. The first-order valence-electron chi connectivity index (χ1n) is 4.60. The summed E-state index contributed by atoms with van der Waals surface area (Å²) in [7, 11) is 0. The second-order valence-corrected chi connectivity index (χ2v) is 5.05. The van der Waals surface area contributed by atoms with Gasteiger partial charge in [0.1, 0.15) is 0 Å². The Morgan fingerprint density at radius 2 is 2.27 bits per heavy atom. The van der Waals surface area contributed by atoms with Crippen molar-refractivity contribution >= 4 is 33.6 Å². The number of carbonyl (C=O) groups excluding carboxylic acids is 1. The first-order chi connectivity index (χ1) is 7.19. The molecule has 0 fully saturated rings. The Morgan fingerprint density at radius 3 is 2.80 bits per heavy atom. The fraction of sp³-hybridized carbons (Fsp3) is 0.300. The Hall–Kier alpha value is -0.520. The topological polar surface area (TPSA) is 55.1 Å². The molecule has 3 N–H and O–H groups in total. The smallest absolute Gasteiger partial charge is 0.247 e. The fourth-order valence-corrected chi connectivity index (χ4v) is 2.66. The predicted octanol–water partition coefficient (Wildman–Crippen LogP) is 2.31. The Labute approximate surface area is 102 Å². The molecule has 0 radical (unpaired) electrons. The minimum Gasteiger partial charge on any atom is -0.293 e. The second-order valence-electron chi connectivity index (χ2n) is 2.95. The van der Waals surface area contributed by atoms with Gasteiger partial charge in [-0.05, 0) is 34.5 Å². The number of carbonyl (C=O) groups is 1. The molecule has 0 aliphatic carbocycles. The van der Waals surface area contributed by atoms with E-state index in [4.69, 9.17) is 5.84 Å². The standard InChI is InChI=1S/C10H13BrN2OS/c1-2-8(10(14)13-12)15-9-6-4-3-5-7(9)11/h3-6,8H,2,12H2,1H3,(H,13,14). The summed E-state index contributed by atoms with van der Waals surface area (Å²) in [5.41, 5.74) is 2.18. The van der Waals surface area contributed by atoms with Gasteiger partial charge in [0.05, 0.1) is 5.25 Å². The maximum Gasteiger partial charge on any atom is 0.247 e. The van der Waals surface area contributed by atoms with Crippen LogP contribution >= 0.6 is 27.7 Å². The third-order valence-corrected chi connectivity index (χ3v) is 4.31. The van der Waals surface area contributed by atoms with Crippen LogP contribution in [0.3, 0.4) is 0 Å². The number of nitrogens with two attached hydrogens (primary N) is 1. The van der Waals surface area contributed by atoms with Gasteiger partial charge in [-0.15, -0.1) is 11.8 Å². The normalized spacial score (nSPS) is 12.2. The van der Waals surface area contributed by atoms with E-state index in [1.165, 1.54) is 11.8 Å². The fourth-order valence-electron chi connectivity index (χ4n) is 1.11. The first-order valence-corrected chi connectivity index (χ1v) is 6.28. The van der Waals surface area contributed by atoms with Crippen molar-refractivity contribution < 1.29 is 4.79 Å². The third kappa shape index (κ3) is 3.52. The second kappa shape index (κ2) is 6.15. The molecule has 1 aromatic carbocycles. The van der Waals surface area contributed by atoms with E-state index in [9.17, 15) is 4.79 Å². The molecule has 1 aromatic rings. The van der Waals surface area contributed by atoms with Crippen LogP contribution in [0.25, 0.3) is 0 Å². The molecular weight excluding hydrogens is 276 g/mol. The van der Waals surface area contributed by atoms with Crippen molar-refractivity contribution in [3.63, 3.8) is 0 Å². The molecule has 0 spiro atoms. The van der Waals surface area contributed by atoms with Gasteiger partial charge in [-0.2, -0.15) is 0 Å². The number of benzene rings is 1. The Balaban J connectivity index is 2.75. The van der Waals surface area contributed by atoms with Gasteiger partial charge in [0.25, 0.3) is 0 Å². The van der Waals surface area contributed by atoms with Gasteiger partial charge in [0.2, 0.25) is 5.91 Å². The van der Waals surface area contributed by atoms with Crippen molar-refractivity contribution in [1.82, 2.24) is 5.43 Å². The summed E-state index contributed by atoms with van der Waals surface area (Å²) in [4.78, 5) is 12.4. The Bertz CT molecular complexity index is 346. The van der Waals surface area contributed by atoms with Crippen LogP contribution in [0.4, 0.5) is 0 Å². The van der Waals surface area contributed by atoms with E-state index in [0.717, 1.165) is 15.8 Å². The van der Waals surface area contributed by atoms with Gasteiger partial charge >= 0.3 is 0 Å². The summed E-state index contributed by atoms with van der Waals surface area (Å²) in [6.07, 6.45) is 0.745. The van der Waals surface area contributed by atoms with Gasteiger partial charge in [0.15, 0.2) is 0 Å². The summed E-state index contributed by atoms with van der Waals surface area (Å²) in [6.45, 7) is 1.96. The van der Waals surface area contributed by atoms with E-state index in [1.807, 2.05) is 31.2 Å². The van der Waals surface area contributed by atoms with Crippen molar-refractivity contribution in [3.05, 3.63) is 28.7 Å². The number of rotatable bonds is 4. The van der Waals surface area contributed by atoms with Gasteiger partial charge in [-0.3, -0.25) is 10.2 Å². The maximum absolute atomic E-state index is 11.4. The highest BCUT2D eigenvalue weighted by Crippen LogP contribution is 2.31. The van der Waals surface area contributed by atoms with Crippen molar-refractivity contribution in [2.75, 3.05) is 0 Å². The quantitative estimate of drug-likeness (QED) is 0.387. The van der Waals surface area contributed by atoms with Gasteiger partial charge in [0, 0.05) is 9.37 Å². The lowest BCUT2D eigenvalue weighted by Gasteiger charge is -2.13. The molecule has 0 aliphatic heterocycles.